The molecule has 1 aromatic heterocycles. The number of pyridine rings is 1. The lowest BCUT2D eigenvalue weighted by Crippen LogP contribution is -2.13. The maximum atomic E-state index is 12.1. The lowest BCUT2D eigenvalue weighted by Gasteiger charge is -2.08. The van der Waals surface area contributed by atoms with Gasteiger partial charge in [-0.3, -0.25) is 4.79 Å². The molecule has 1 amide bonds. The van der Waals surface area contributed by atoms with Crippen molar-refractivity contribution in [3.63, 3.8) is 0 Å². The zero-order chi connectivity index (χ0) is 15.1. The summed E-state index contributed by atoms with van der Waals surface area (Å²) in [5, 5.41) is 6.01. The molecule has 0 unspecified atom stereocenters. The molecule has 1 aromatic carbocycles. The number of carbonyl (C=O) groups is 1. The first-order chi connectivity index (χ1) is 10.2. The van der Waals surface area contributed by atoms with Gasteiger partial charge in [0.15, 0.2) is 0 Å². The molecule has 2 N–H and O–H groups in total. The highest BCUT2D eigenvalue weighted by Crippen LogP contribution is 2.17. The number of methoxy groups -OCH3 is 1. The highest BCUT2D eigenvalue weighted by atomic mass is 16.5. The minimum Gasteiger partial charge on any atom is -0.497 e. The second-order valence-electron chi connectivity index (χ2n) is 4.54. The van der Waals surface area contributed by atoms with Crippen LogP contribution in [0.25, 0.3) is 0 Å². The lowest BCUT2D eigenvalue weighted by atomic mass is 10.2. The minimum absolute atomic E-state index is 0.245. The Bertz CT molecular complexity index is 597. The van der Waals surface area contributed by atoms with Crippen molar-refractivity contribution >= 4 is 17.3 Å². The van der Waals surface area contributed by atoms with Crippen LogP contribution >= 0.6 is 0 Å². The van der Waals surface area contributed by atoms with Gasteiger partial charge in [0, 0.05) is 18.3 Å². The fourth-order valence-corrected chi connectivity index (χ4v) is 1.80. The third kappa shape index (κ3) is 4.21. The second-order valence-corrected chi connectivity index (χ2v) is 4.54. The molecule has 0 bridgehead atoms. The minimum atomic E-state index is -0.245. The molecule has 0 spiro atoms. The van der Waals surface area contributed by atoms with Gasteiger partial charge >= 0.3 is 0 Å². The molecule has 5 heteroatoms. The van der Waals surface area contributed by atoms with Crippen LogP contribution in [0.1, 0.15) is 23.8 Å². The van der Waals surface area contributed by atoms with Crippen molar-refractivity contribution in [3.05, 3.63) is 48.3 Å². The number of anilines is 2. The molecule has 0 saturated carbocycles. The van der Waals surface area contributed by atoms with Gasteiger partial charge in [-0.05, 0) is 30.7 Å². The quantitative estimate of drug-likeness (QED) is 0.855. The number of carbonyl (C=O) groups excluding carboxylic acids is 1. The van der Waals surface area contributed by atoms with Crippen molar-refractivity contribution in [2.75, 3.05) is 24.3 Å². The first-order valence-corrected chi connectivity index (χ1v) is 6.88. The van der Waals surface area contributed by atoms with E-state index in [9.17, 15) is 4.79 Å². The largest absolute Gasteiger partial charge is 0.497 e. The second kappa shape index (κ2) is 7.28. The number of aromatic nitrogens is 1. The van der Waals surface area contributed by atoms with E-state index in [0.717, 1.165) is 18.7 Å². The SMILES string of the molecule is CCCNc1ccc(C(=O)Nc2cccc(OC)c2)nc1. The van der Waals surface area contributed by atoms with E-state index in [1.807, 2.05) is 18.2 Å². The third-order valence-corrected chi connectivity index (χ3v) is 2.90. The number of ether oxygens (including phenoxy) is 1. The Morgan fingerprint density at radius 3 is 2.76 bits per heavy atom. The van der Waals surface area contributed by atoms with Gasteiger partial charge < -0.3 is 15.4 Å². The molecule has 110 valence electrons. The smallest absolute Gasteiger partial charge is 0.274 e. The summed E-state index contributed by atoms with van der Waals surface area (Å²) < 4.78 is 5.12. The van der Waals surface area contributed by atoms with Crippen LogP contribution in [0.4, 0.5) is 11.4 Å². The standard InChI is InChI=1S/C16H19N3O2/c1-3-9-17-13-7-8-15(18-11-13)16(20)19-12-5-4-6-14(10-12)21-2/h4-8,10-11,17H,3,9H2,1-2H3,(H,19,20). The topological polar surface area (TPSA) is 63.2 Å². The zero-order valence-corrected chi connectivity index (χ0v) is 12.2. The zero-order valence-electron chi connectivity index (χ0n) is 12.2. The average molecular weight is 285 g/mol. The maximum Gasteiger partial charge on any atom is 0.274 e. The van der Waals surface area contributed by atoms with Crippen LogP contribution in [0.15, 0.2) is 42.6 Å². The summed E-state index contributed by atoms with van der Waals surface area (Å²) in [6, 6.07) is 10.8. The Morgan fingerprint density at radius 1 is 1.24 bits per heavy atom. The van der Waals surface area contributed by atoms with Gasteiger partial charge in [-0.15, -0.1) is 0 Å². The van der Waals surface area contributed by atoms with Crippen LogP contribution in [0.5, 0.6) is 5.75 Å². The molecular formula is C16H19N3O2. The summed E-state index contributed by atoms with van der Waals surface area (Å²) in [6.45, 7) is 2.98. The van der Waals surface area contributed by atoms with Gasteiger partial charge in [0.2, 0.25) is 0 Å². The molecule has 0 aliphatic carbocycles. The molecule has 21 heavy (non-hydrogen) atoms. The van der Waals surface area contributed by atoms with E-state index in [1.54, 1.807) is 31.5 Å². The number of rotatable bonds is 6. The highest BCUT2D eigenvalue weighted by Gasteiger charge is 2.08. The van der Waals surface area contributed by atoms with E-state index in [2.05, 4.69) is 22.5 Å². The molecule has 0 radical (unpaired) electrons. The van der Waals surface area contributed by atoms with E-state index < -0.39 is 0 Å². The molecule has 0 fully saturated rings. The maximum absolute atomic E-state index is 12.1. The van der Waals surface area contributed by atoms with E-state index >= 15 is 0 Å². The van der Waals surface area contributed by atoms with Crippen molar-refractivity contribution in [1.29, 1.82) is 0 Å². The number of nitrogens with one attached hydrogen (secondary N) is 2. The normalized spacial score (nSPS) is 10.0. The Balaban J connectivity index is 2.02. The molecule has 0 saturated heterocycles. The van der Waals surface area contributed by atoms with Gasteiger partial charge in [-0.1, -0.05) is 13.0 Å². The van der Waals surface area contributed by atoms with Gasteiger partial charge in [0.25, 0.3) is 5.91 Å². The Kier molecular flexibility index (Phi) is 5.15. The number of amides is 1. The summed E-state index contributed by atoms with van der Waals surface area (Å²) in [6.07, 6.45) is 2.70. The van der Waals surface area contributed by atoms with Gasteiger partial charge in [-0.25, -0.2) is 4.98 Å². The fourth-order valence-electron chi connectivity index (χ4n) is 1.80. The van der Waals surface area contributed by atoms with Crippen LogP contribution in [0.3, 0.4) is 0 Å². The number of nitrogens with zero attached hydrogens (tertiary/aromatic N) is 1. The molecule has 2 rings (SSSR count). The average Bonchev–Trinajstić information content (AvgIpc) is 2.53. The highest BCUT2D eigenvalue weighted by molar-refractivity contribution is 6.03. The van der Waals surface area contributed by atoms with E-state index in [1.165, 1.54) is 0 Å². The van der Waals surface area contributed by atoms with Crippen molar-refractivity contribution in [3.8, 4) is 5.75 Å². The Morgan fingerprint density at radius 2 is 2.10 bits per heavy atom. The van der Waals surface area contributed by atoms with Crippen LogP contribution in [-0.2, 0) is 0 Å². The number of benzene rings is 1. The van der Waals surface area contributed by atoms with Crippen molar-refractivity contribution < 1.29 is 9.53 Å². The molecule has 1 heterocycles. The lowest BCUT2D eigenvalue weighted by molar-refractivity contribution is 0.102. The third-order valence-electron chi connectivity index (χ3n) is 2.90. The van der Waals surface area contributed by atoms with E-state index in [-0.39, 0.29) is 5.91 Å². The Labute approximate surface area is 124 Å². The summed E-state index contributed by atoms with van der Waals surface area (Å²) in [5.41, 5.74) is 1.96. The molecule has 2 aromatic rings. The summed E-state index contributed by atoms with van der Waals surface area (Å²) >= 11 is 0. The monoisotopic (exact) mass is 285 g/mol. The first-order valence-electron chi connectivity index (χ1n) is 6.88. The molecular weight excluding hydrogens is 266 g/mol. The van der Waals surface area contributed by atoms with Gasteiger partial charge in [-0.2, -0.15) is 0 Å². The van der Waals surface area contributed by atoms with E-state index in [0.29, 0.717) is 17.1 Å². The predicted molar refractivity (Wildman–Crippen MR) is 84.0 cm³/mol. The molecule has 0 aliphatic heterocycles. The fraction of sp³-hybridized carbons (Fsp3) is 0.250. The van der Waals surface area contributed by atoms with Gasteiger partial charge in [0.1, 0.15) is 11.4 Å². The predicted octanol–water partition coefficient (Wildman–Crippen LogP) is 3.16. The van der Waals surface area contributed by atoms with Crippen LogP contribution in [0.2, 0.25) is 0 Å². The number of hydrogen-bond acceptors (Lipinski definition) is 4. The van der Waals surface area contributed by atoms with Crippen LogP contribution < -0.4 is 15.4 Å². The summed E-state index contributed by atoms with van der Waals surface area (Å²) in [5.74, 6) is 0.449. The van der Waals surface area contributed by atoms with Gasteiger partial charge in [0.05, 0.1) is 19.0 Å². The summed E-state index contributed by atoms with van der Waals surface area (Å²) in [7, 11) is 1.59. The first kappa shape index (κ1) is 14.8. The Hall–Kier alpha value is -2.56. The van der Waals surface area contributed by atoms with Crippen molar-refractivity contribution in [1.82, 2.24) is 4.98 Å². The van der Waals surface area contributed by atoms with Crippen molar-refractivity contribution in [2.24, 2.45) is 0 Å². The molecule has 0 aliphatic rings. The summed E-state index contributed by atoms with van der Waals surface area (Å²) in [4.78, 5) is 16.3. The van der Waals surface area contributed by atoms with Crippen molar-refractivity contribution in [2.45, 2.75) is 13.3 Å². The molecule has 0 atom stereocenters. The van der Waals surface area contributed by atoms with Crippen LogP contribution in [0, 0.1) is 0 Å². The van der Waals surface area contributed by atoms with E-state index in [4.69, 9.17) is 4.74 Å². The van der Waals surface area contributed by atoms with Crippen LogP contribution in [-0.4, -0.2) is 24.5 Å². The number of hydrogen-bond donors (Lipinski definition) is 2. The molecule has 5 nitrogen and oxygen atoms in total.